The number of carbonyl (C=O) groups is 1. The smallest absolute Gasteiger partial charge is 0.256 e. The zero-order valence-electron chi connectivity index (χ0n) is 24.5. The molecule has 0 bridgehead atoms. The second-order valence-electron chi connectivity index (χ2n) is 11.7. The van der Waals surface area contributed by atoms with Gasteiger partial charge in [0.2, 0.25) is 5.43 Å². The van der Waals surface area contributed by atoms with Gasteiger partial charge >= 0.3 is 0 Å². The Morgan fingerprint density at radius 1 is 1.10 bits per heavy atom. The highest BCUT2D eigenvalue weighted by atomic mass is 19.1. The average Bonchev–Trinajstić information content (AvgIpc) is 3.39. The normalized spacial score (nSPS) is 16.2. The largest absolute Gasteiger partial charge is 0.450 e. The van der Waals surface area contributed by atoms with E-state index in [4.69, 9.17) is 4.74 Å². The fourth-order valence-corrected chi connectivity index (χ4v) is 6.23. The van der Waals surface area contributed by atoms with Crippen molar-refractivity contribution in [3.05, 3.63) is 70.3 Å². The molecule has 9 heteroatoms. The molecule has 0 aliphatic carbocycles. The maximum Gasteiger partial charge on any atom is 0.256 e. The number of amides is 1. The molecule has 4 aromatic rings. The number of nitrogens with one attached hydrogen (secondary N) is 2. The predicted molar refractivity (Wildman–Crippen MR) is 166 cm³/mol. The maximum atomic E-state index is 15.8. The lowest BCUT2D eigenvalue weighted by atomic mass is 10.0. The minimum absolute atomic E-state index is 0.0157. The minimum atomic E-state index is -0.584. The number of rotatable bonds is 10. The third-order valence-corrected chi connectivity index (χ3v) is 8.53. The fourth-order valence-electron chi connectivity index (χ4n) is 6.23. The molecule has 1 unspecified atom stereocenters. The van der Waals surface area contributed by atoms with Crippen molar-refractivity contribution in [2.75, 3.05) is 52.6 Å². The summed E-state index contributed by atoms with van der Waals surface area (Å²) >= 11 is 0. The van der Waals surface area contributed by atoms with E-state index < -0.39 is 17.2 Å². The van der Waals surface area contributed by atoms with Gasteiger partial charge in [0.1, 0.15) is 16.8 Å². The lowest BCUT2D eigenvalue weighted by molar-refractivity contribution is 0.0949. The SMILES string of the molecule is CN(C)CCCCNc1c(F)cc2c(=O)c(C(=O)NCCC3CCCN3C)cn3c2c1Oc1c-3ccc2ccccc12. The lowest BCUT2D eigenvalue weighted by Crippen LogP contribution is -2.34. The van der Waals surface area contributed by atoms with Crippen molar-refractivity contribution in [1.82, 2.24) is 19.7 Å². The van der Waals surface area contributed by atoms with Gasteiger partial charge in [0.25, 0.3) is 5.91 Å². The number of hydrogen-bond acceptors (Lipinski definition) is 6. The van der Waals surface area contributed by atoms with Crippen LogP contribution >= 0.6 is 0 Å². The van der Waals surface area contributed by atoms with Gasteiger partial charge in [-0.25, -0.2) is 4.39 Å². The van der Waals surface area contributed by atoms with E-state index in [-0.39, 0.29) is 22.4 Å². The number of likely N-dealkylation sites (tertiary alicyclic amines) is 1. The van der Waals surface area contributed by atoms with E-state index in [2.05, 4.69) is 27.5 Å². The molecule has 1 saturated heterocycles. The van der Waals surface area contributed by atoms with E-state index in [1.165, 1.54) is 6.07 Å². The van der Waals surface area contributed by atoms with Gasteiger partial charge in [-0.3, -0.25) is 9.59 Å². The predicted octanol–water partition coefficient (Wildman–Crippen LogP) is 5.36. The molecule has 42 heavy (non-hydrogen) atoms. The van der Waals surface area contributed by atoms with Crippen molar-refractivity contribution in [3.63, 3.8) is 0 Å². The molecule has 1 aromatic heterocycles. The molecule has 1 amide bonds. The molecule has 0 radical (unpaired) electrons. The summed E-state index contributed by atoms with van der Waals surface area (Å²) in [5.41, 5.74) is 0.831. The standard InChI is InChI=1S/C33H38FN5O3/c1-37(2)17-7-6-15-35-28-26(34)19-24-29-32(28)42-31-23-11-5-4-9-21(23)12-13-27(31)39(29)20-25(30(24)40)33(41)36-16-14-22-10-8-18-38(22)3/h4-5,9,11-13,19-20,22,35H,6-8,10,14-18H2,1-3H3,(H,36,41). The zero-order chi connectivity index (χ0) is 29.4. The molecule has 220 valence electrons. The van der Waals surface area contributed by atoms with Gasteiger partial charge in [-0.1, -0.05) is 30.3 Å². The van der Waals surface area contributed by atoms with E-state index in [9.17, 15) is 9.59 Å². The summed E-state index contributed by atoms with van der Waals surface area (Å²) < 4.78 is 24.1. The van der Waals surface area contributed by atoms with Crippen molar-refractivity contribution >= 4 is 33.3 Å². The summed E-state index contributed by atoms with van der Waals surface area (Å²) in [6, 6.07) is 13.4. The Kier molecular flexibility index (Phi) is 7.88. The number of anilines is 1. The van der Waals surface area contributed by atoms with Crippen LogP contribution in [-0.2, 0) is 0 Å². The lowest BCUT2D eigenvalue weighted by Gasteiger charge is -2.27. The zero-order valence-corrected chi connectivity index (χ0v) is 24.5. The molecule has 3 heterocycles. The molecule has 1 fully saturated rings. The molecule has 2 N–H and O–H groups in total. The number of fused-ring (bicyclic) bond motifs is 4. The Hall–Kier alpha value is -3.95. The number of unbranched alkanes of at least 4 members (excludes halogenated alkanes) is 1. The summed E-state index contributed by atoms with van der Waals surface area (Å²) in [7, 11) is 6.15. The van der Waals surface area contributed by atoms with Crippen LogP contribution in [-0.4, -0.2) is 73.6 Å². The minimum Gasteiger partial charge on any atom is -0.450 e. The quantitative estimate of drug-likeness (QED) is 0.220. The molecule has 3 aromatic carbocycles. The molecule has 0 saturated carbocycles. The number of benzene rings is 3. The van der Waals surface area contributed by atoms with E-state index in [0.717, 1.165) is 56.0 Å². The van der Waals surface area contributed by atoms with Crippen LogP contribution in [0, 0.1) is 5.82 Å². The van der Waals surface area contributed by atoms with Crippen molar-refractivity contribution in [2.24, 2.45) is 0 Å². The maximum absolute atomic E-state index is 15.8. The van der Waals surface area contributed by atoms with Crippen molar-refractivity contribution in [1.29, 1.82) is 0 Å². The van der Waals surface area contributed by atoms with Crippen LogP contribution in [0.15, 0.2) is 53.5 Å². The van der Waals surface area contributed by atoms with Gasteiger partial charge in [0.15, 0.2) is 17.3 Å². The molecule has 2 aliphatic heterocycles. The van der Waals surface area contributed by atoms with Gasteiger partial charge in [0, 0.05) is 30.7 Å². The molecule has 1 atom stereocenters. The number of ether oxygens (including phenoxy) is 1. The summed E-state index contributed by atoms with van der Waals surface area (Å²) in [6.45, 7) is 3.01. The summed E-state index contributed by atoms with van der Waals surface area (Å²) in [5, 5.41) is 8.13. The Bertz CT molecular complexity index is 1720. The van der Waals surface area contributed by atoms with E-state index in [1.54, 1.807) is 6.20 Å². The molecule has 6 rings (SSSR count). The Morgan fingerprint density at radius 3 is 2.71 bits per heavy atom. The second kappa shape index (κ2) is 11.7. The van der Waals surface area contributed by atoms with Crippen LogP contribution in [0.3, 0.4) is 0 Å². The Morgan fingerprint density at radius 2 is 1.93 bits per heavy atom. The van der Waals surface area contributed by atoms with Gasteiger partial charge in [-0.2, -0.15) is 0 Å². The topological polar surface area (TPSA) is 78.8 Å². The Labute approximate surface area is 245 Å². The molecule has 8 nitrogen and oxygen atoms in total. The molecular weight excluding hydrogens is 533 g/mol. The van der Waals surface area contributed by atoms with Gasteiger partial charge in [0.05, 0.1) is 11.1 Å². The number of pyridine rings is 1. The van der Waals surface area contributed by atoms with Gasteiger partial charge in [-0.05, 0) is 83.9 Å². The number of hydrogen-bond donors (Lipinski definition) is 2. The molecule has 0 spiro atoms. The highest BCUT2D eigenvalue weighted by molar-refractivity contribution is 6.03. The first-order valence-corrected chi connectivity index (χ1v) is 14.8. The third-order valence-electron chi connectivity index (χ3n) is 8.53. The van der Waals surface area contributed by atoms with Crippen LogP contribution < -0.4 is 20.8 Å². The first-order chi connectivity index (χ1) is 20.3. The van der Waals surface area contributed by atoms with Crippen LogP contribution in [0.4, 0.5) is 10.1 Å². The number of nitrogens with zero attached hydrogens (tertiary/aromatic N) is 3. The van der Waals surface area contributed by atoms with Crippen molar-refractivity contribution in [3.8, 4) is 17.2 Å². The summed E-state index contributed by atoms with van der Waals surface area (Å²) in [6.07, 6.45) is 6.46. The Balaban J connectivity index is 1.41. The first kappa shape index (κ1) is 28.2. The third kappa shape index (κ3) is 5.23. The van der Waals surface area contributed by atoms with Crippen LogP contribution in [0.1, 0.15) is 42.5 Å². The van der Waals surface area contributed by atoms with Gasteiger partial charge < -0.3 is 29.7 Å². The van der Waals surface area contributed by atoms with E-state index >= 15 is 4.39 Å². The van der Waals surface area contributed by atoms with Crippen LogP contribution in [0.5, 0.6) is 11.5 Å². The van der Waals surface area contributed by atoms with Crippen LogP contribution in [0.25, 0.3) is 27.4 Å². The second-order valence-corrected chi connectivity index (χ2v) is 11.7. The number of halogens is 1. The molecular formula is C33H38FN5O3. The highest BCUT2D eigenvalue weighted by Crippen LogP contribution is 2.47. The highest BCUT2D eigenvalue weighted by Gasteiger charge is 2.29. The fraction of sp³-hybridized carbons (Fsp3) is 0.394. The van der Waals surface area contributed by atoms with E-state index in [0.29, 0.717) is 36.1 Å². The summed E-state index contributed by atoms with van der Waals surface area (Å²) in [4.78, 5) is 31.5. The van der Waals surface area contributed by atoms with Crippen molar-refractivity contribution < 1.29 is 13.9 Å². The van der Waals surface area contributed by atoms with Crippen LogP contribution in [0.2, 0.25) is 0 Å². The van der Waals surface area contributed by atoms with Gasteiger partial charge in [-0.15, -0.1) is 0 Å². The van der Waals surface area contributed by atoms with Crippen molar-refractivity contribution in [2.45, 2.75) is 38.1 Å². The number of aromatic nitrogens is 1. The number of carbonyl (C=O) groups excluding carboxylic acids is 1. The molecule has 2 aliphatic rings. The average molecular weight is 572 g/mol. The van der Waals surface area contributed by atoms with E-state index in [1.807, 2.05) is 55.1 Å². The first-order valence-electron chi connectivity index (χ1n) is 14.8. The monoisotopic (exact) mass is 571 g/mol. The summed E-state index contributed by atoms with van der Waals surface area (Å²) in [5.74, 6) is -0.221.